The number of aryl methyl sites for hydroxylation is 1. The van der Waals surface area contributed by atoms with E-state index in [-0.39, 0.29) is 28.3 Å². The number of H-pyrrole nitrogens is 1. The molecule has 11 heteroatoms. The van der Waals surface area contributed by atoms with E-state index in [9.17, 15) is 14.4 Å². The van der Waals surface area contributed by atoms with Crippen LogP contribution in [0.4, 0.5) is 11.4 Å². The molecule has 1 aliphatic heterocycles. The molecule has 0 unspecified atom stereocenters. The Morgan fingerprint density at radius 2 is 1.97 bits per heavy atom. The number of nitrogens with two attached hydrogens (primary N) is 2. The lowest BCUT2D eigenvalue weighted by Crippen LogP contribution is -2.46. The highest BCUT2D eigenvalue weighted by molar-refractivity contribution is 7.09. The van der Waals surface area contributed by atoms with Crippen molar-refractivity contribution in [3.8, 4) is 0 Å². The lowest BCUT2D eigenvalue weighted by Gasteiger charge is -2.32. The Balaban J connectivity index is 1.67. The first-order valence-corrected chi connectivity index (χ1v) is 13.6. The van der Waals surface area contributed by atoms with Crippen LogP contribution in [-0.4, -0.2) is 46.3 Å². The van der Waals surface area contributed by atoms with Crippen LogP contribution in [0, 0.1) is 0 Å². The molecule has 202 valence electrons. The second-order valence-electron chi connectivity index (χ2n) is 9.37. The summed E-state index contributed by atoms with van der Waals surface area (Å²) in [7, 11) is 0. The number of para-hydroxylation sites is 2. The van der Waals surface area contributed by atoms with Gasteiger partial charge in [0, 0.05) is 41.5 Å². The molecule has 0 saturated carbocycles. The minimum Gasteiger partial charge on any atom is -0.395 e. The Hall–Kier alpha value is -4.22. The SMILES string of the molecule is CCc1ccccc1N(C(=O)c1snc(C(N)=O)c1N)[C@H](C(=O)NC[C@H]1CCCO1)c1c[nH]c2ccccc12. The fourth-order valence-corrected chi connectivity index (χ4v) is 5.73. The van der Waals surface area contributed by atoms with Crippen molar-refractivity contribution in [1.29, 1.82) is 0 Å². The number of aromatic nitrogens is 2. The number of carbonyl (C=O) groups excluding carboxylic acids is 3. The third kappa shape index (κ3) is 5.10. The topological polar surface area (TPSA) is 156 Å². The molecule has 10 nitrogen and oxygen atoms in total. The molecule has 2 atom stereocenters. The molecular formula is C28H30N6O4S. The molecule has 0 spiro atoms. The number of hydrogen-bond donors (Lipinski definition) is 4. The van der Waals surface area contributed by atoms with Crippen LogP contribution < -0.4 is 21.7 Å². The van der Waals surface area contributed by atoms with Crippen molar-refractivity contribution < 1.29 is 19.1 Å². The number of benzene rings is 2. The van der Waals surface area contributed by atoms with Gasteiger partial charge >= 0.3 is 0 Å². The minimum absolute atomic E-state index is 0.0338. The van der Waals surface area contributed by atoms with Crippen molar-refractivity contribution in [3.05, 3.63) is 76.4 Å². The highest BCUT2D eigenvalue weighted by atomic mass is 32.1. The molecule has 2 aromatic heterocycles. The minimum atomic E-state index is -1.07. The van der Waals surface area contributed by atoms with E-state index in [1.54, 1.807) is 12.3 Å². The molecule has 5 rings (SSSR count). The second kappa shape index (κ2) is 11.3. The Morgan fingerprint density at radius 3 is 2.69 bits per heavy atom. The number of aromatic amines is 1. The first-order chi connectivity index (χ1) is 18.9. The third-order valence-electron chi connectivity index (χ3n) is 6.96. The standard InChI is InChI=1S/C28H30N6O4S/c1-2-16-8-3-6-12-21(16)34(28(37)25-22(29)23(26(30)35)33-39-25)24(27(36)32-14-17-9-7-13-38-17)19-15-31-20-11-5-4-10-18(19)20/h3-6,8,10-12,15,17,24,31H,2,7,9,13-14,29H2,1H3,(H2,30,35)(H,32,36)/t17-,24+/m1/s1. The quantitative estimate of drug-likeness (QED) is 0.251. The van der Waals surface area contributed by atoms with E-state index in [1.807, 2.05) is 49.4 Å². The number of nitrogen functional groups attached to an aromatic ring is 1. The van der Waals surface area contributed by atoms with Crippen molar-refractivity contribution in [2.24, 2.45) is 5.73 Å². The van der Waals surface area contributed by atoms with E-state index in [2.05, 4.69) is 14.7 Å². The van der Waals surface area contributed by atoms with Crippen molar-refractivity contribution in [3.63, 3.8) is 0 Å². The summed E-state index contributed by atoms with van der Waals surface area (Å²) < 4.78 is 9.75. The molecule has 3 amide bonds. The van der Waals surface area contributed by atoms with Crippen LogP contribution >= 0.6 is 11.5 Å². The maximum absolute atomic E-state index is 14.4. The summed E-state index contributed by atoms with van der Waals surface area (Å²) in [6.45, 7) is 2.96. The Morgan fingerprint density at radius 1 is 1.21 bits per heavy atom. The van der Waals surface area contributed by atoms with Crippen LogP contribution in [0.2, 0.25) is 0 Å². The fraction of sp³-hybridized carbons (Fsp3) is 0.286. The summed E-state index contributed by atoms with van der Waals surface area (Å²) in [6, 6.07) is 13.9. The van der Waals surface area contributed by atoms with Gasteiger partial charge in [-0.2, -0.15) is 4.37 Å². The van der Waals surface area contributed by atoms with E-state index in [0.29, 0.717) is 30.8 Å². The summed E-state index contributed by atoms with van der Waals surface area (Å²) in [4.78, 5) is 45.0. The average Bonchev–Trinajstić information content (AvgIpc) is 3.70. The zero-order valence-electron chi connectivity index (χ0n) is 21.5. The van der Waals surface area contributed by atoms with E-state index in [4.69, 9.17) is 16.2 Å². The van der Waals surface area contributed by atoms with Gasteiger partial charge in [0.25, 0.3) is 11.8 Å². The Kier molecular flexibility index (Phi) is 7.62. The first kappa shape index (κ1) is 26.4. The molecule has 1 fully saturated rings. The molecule has 6 N–H and O–H groups in total. The van der Waals surface area contributed by atoms with Gasteiger partial charge in [-0.3, -0.25) is 19.3 Å². The maximum atomic E-state index is 14.4. The second-order valence-corrected chi connectivity index (χ2v) is 10.1. The number of carbonyl (C=O) groups is 3. The molecule has 0 aliphatic carbocycles. The van der Waals surface area contributed by atoms with Crippen molar-refractivity contribution >= 4 is 51.5 Å². The van der Waals surface area contributed by atoms with Crippen LogP contribution in [0.3, 0.4) is 0 Å². The van der Waals surface area contributed by atoms with Gasteiger partial charge < -0.3 is 26.5 Å². The Bertz CT molecular complexity index is 1520. The normalized spacial score (nSPS) is 15.8. The van der Waals surface area contributed by atoms with Gasteiger partial charge in [-0.15, -0.1) is 0 Å². The van der Waals surface area contributed by atoms with Crippen LogP contribution in [0.5, 0.6) is 0 Å². The zero-order valence-corrected chi connectivity index (χ0v) is 22.3. The van der Waals surface area contributed by atoms with Crippen molar-refractivity contribution in [2.45, 2.75) is 38.3 Å². The van der Waals surface area contributed by atoms with E-state index < -0.39 is 17.9 Å². The van der Waals surface area contributed by atoms with Crippen molar-refractivity contribution in [1.82, 2.24) is 14.7 Å². The van der Waals surface area contributed by atoms with Gasteiger partial charge in [-0.1, -0.05) is 43.3 Å². The van der Waals surface area contributed by atoms with E-state index in [0.717, 1.165) is 40.8 Å². The third-order valence-corrected chi connectivity index (χ3v) is 7.81. The molecular weight excluding hydrogens is 516 g/mol. The average molecular weight is 547 g/mol. The van der Waals surface area contributed by atoms with Gasteiger partial charge in [0.05, 0.1) is 11.8 Å². The van der Waals surface area contributed by atoms with Gasteiger partial charge in [-0.25, -0.2) is 0 Å². The number of primary amides is 1. The van der Waals surface area contributed by atoms with E-state index in [1.165, 1.54) is 4.90 Å². The summed E-state index contributed by atoms with van der Waals surface area (Å²) in [6.07, 6.45) is 4.07. The highest BCUT2D eigenvalue weighted by Crippen LogP contribution is 2.37. The zero-order chi connectivity index (χ0) is 27.5. The largest absolute Gasteiger partial charge is 0.395 e. The van der Waals surface area contributed by atoms with E-state index >= 15 is 0 Å². The van der Waals surface area contributed by atoms with Gasteiger partial charge in [0.1, 0.15) is 10.9 Å². The summed E-state index contributed by atoms with van der Waals surface area (Å²) in [5.41, 5.74) is 14.2. The number of nitrogens with one attached hydrogen (secondary N) is 2. The highest BCUT2D eigenvalue weighted by Gasteiger charge is 2.38. The number of ether oxygens (including phenoxy) is 1. The molecule has 0 bridgehead atoms. The van der Waals surface area contributed by atoms with Crippen LogP contribution in [0.25, 0.3) is 10.9 Å². The monoisotopic (exact) mass is 546 g/mol. The van der Waals surface area contributed by atoms with Crippen LogP contribution in [0.15, 0.2) is 54.7 Å². The molecule has 0 radical (unpaired) electrons. The number of rotatable bonds is 9. The van der Waals surface area contributed by atoms with Crippen LogP contribution in [-0.2, 0) is 16.0 Å². The van der Waals surface area contributed by atoms with Gasteiger partial charge in [0.2, 0.25) is 5.91 Å². The number of nitrogens with zero attached hydrogens (tertiary/aromatic N) is 2. The molecule has 39 heavy (non-hydrogen) atoms. The van der Waals surface area contributed by atoms with Crippen LogP contribution in [0.1, 0.15) is 57.1 Å². The lowest BCUT2D eigenvalue weighted by molar-refractivity contribution is -0.123. The molecule has 4 aromatic rings. The first-order valence-electron chi connectivity index (χ1n) is 12.8. The fourth-order valence-electron chi connectivity index (χ4n) is 4.98. The number of fused-ring (bicyclic) bond motifs is 1. The van der Waals surface area contributed by atoms with Gasteiger partial charge in [-0.05, 0) is 48.5 Å². The smallest absolute Gasteiger partial charge is 0.273 e. The number of hydrogen-bond acceptors (Lipinski definition) is 7. The summed E-state index contributed by atoms with van der Waals surface area (Å²) in [5.74, 6) is -1.75. The molecule has 3 heterocycles. The predicted molar refractivity (Wildman–Crippen MR) is 151 cm³/mol. The van der Waals surface area contributed by atoms with Crippen molar-refractivity contribution in [2.75, 3.05) is 23.8 Å². The number of amides is 3. The summed E-state index contributed by atoms with van der Waals surface area (Å²) in [5, 5.41) is 3.82. The summed E-state index contributed by atoms with van der Waals surface area (Å²) >= 11 is 0.786. The van der Waals surface area contributed by atoms with Gasteiger partial charge in [0.15, 0.2) is 5.69 Å². The molecule has 1 saturated heterocycles. The molecule has 2 aromatic carbocycles. The predicted octanol–water partition coefficient (Wildman–Crippen LogP) is 3.55. The maximum Gasteiger partial charge on any atom is 0.273 e. The Labute approximate surface area is 229 Å². The lowest BCUT2D eigenvalue weighted by atomic mass is 9.99. The molecule has 1 aliphatic rings. The number of anilines is 2.